The van der Waals surface area contributed by atoms with Crippen LogP contribution in [0.1, 0.15) is 17.0 Å². The lowest BCUT2D eigenvalue weighted by Gasteiger charge is -2.06. The number of esters is 1. The first-order valence-electron chi connectivity index (χ1n) is 7.38. The van der Waals surface area contributed by atoms with Gasteiger partial charge in [0.2, 0.25) is 0 Å². The molecule has 2 aromatic rings. The number of ether oxygens (including phenoxy) is 1. The molecule has 2 rings (SSSR count). The van der Waals surface area contributed by atoms with Crippen LogP contribution < -0.4 is 5.32 Å². The summed E-state index contributed by atoms with van der Waals surface area (Å²) in [5.41, 5.74) is 3.05. The number of amides is 1. The van der Waals surface area contributed by atoms with Crippen LogP contribution in [0.5, 0.6) is 0 Å². The molecule has 0 atom stereocenters. The smallest absolute Gasteiger partial charge is 0.331 e. The van der Waals surface area contributed by atoms with E-state index in [1.165, 1.54) is 12.1 Å². The van der Waals surface area contributed by atoms with Crippen LogP contribution in [0.3, 0.4) is 0 Å². The predicted molar refractivity (Wildman–Crippen MR) is 97.8 cm³/mol. The molecule has 0 unspecified atom stereocenters. The summed E-state index contributed by atoms with van der Waals surface area (Å²) in [6.07, 6.45) is 2.89. The molecule has 0 spiro atoms. The van der Waals surface area contributed by atoms with Crippen molar-refractivity contribution in [2.24, 2.45) is 7.05 Å². The van der Waals surface area contributed by atoms with Crippen LogP contribution in [0, 0.1) is 13.8 Å². The minimum absolute atomic E-state index is 0.321. The SMILES string of the molecule is Cc1nn(C)c(C)c1/C=C/C(=O)OCC(=O)Nc1ccc(Cl)c(Cl)c1. The van der Waals surface area contributed by atoms with E-state index in [9.17, 15) is 9.59 Å². The summed E-state index contributed by atoms with van der Waals surface area (Å²) < 4.78 is 6.64. The van der Waals surface area contributed by atoms with E-state index in [-0.39, 0.29) is 0 Å². The molecule has 0 saturated carbocycles. The Hall–Kier alpha value is -2.31. The normalized spacial score (nSPS) is 10.9. The topological polar surface area (TPSA) is 73.2 Å². The lowest BCUT2D eigenvalue weighted by Crippen LogP contribution is -2.20. The predicted octanol–water partition coefficient (Wildman–Crippen LogP) is 3.54. The van der Waals surface area contributed by atoms with Crippen LogP contribution in [-0.2, 0) is 21.4 Å². The molecule has 0 aliphatic heterocycles. The number of halogens is 2. The van der Waals surface area contributed by atoms with Gasteiger partial charge in [0.1, 0.15) is 0 Å². The summed E-state index contributed by atoms with van der Waals surface area (Å²) in [5.74, 6) is -1.10. The van der Waals surface area contributed by atoms with Crippen molar-refractivity contribution < 1.29 is 14.3 Å². The molecule has 0 fully saturated rings. The van der Waals surface area contributed by atoms with Crippen molar-refractivity contribution in [3.05, 3.63) is 51.3 Å². The lowest BCUT2D eigenvalue weighted by molar-refractivity contribution is -0.142. The first-order valence-corrected chi connectivity index (χ1v) is 8.13. The van der Waals surface area contributed by atoms with Crippen LogP contribution in [0.2, 0.25) is 10.0 Å². The molecule has 1 heterocycles. The maximum atomic E-state index is 11.8. The number of nitrogens with zero attached hydrogens (tertiary/aromatic N) is 2. The zero-order valence-electron chi connectivity index (χ0n) is 14.0. The van der Waals surface area contributed by atoms with Gasteiger partial charge in [-0.3, -0.25) is 9.48 Å². The number of carbonyl (C=O) groups is 2. The van der Waals surface area contributed by atoms with Gasteiger partial charge in [-0.05, 0) is 38.1 Å². The molecule has 1 aromatic carbocycles. The van der Waals surface area contributed by atoms with Crippen molar-refractivity contribution in [2.75, 3.05) is 11.9 Å². The Morgan fingerprint density at radius 1 is 1.28 bits per heavy atom. The third-order valence-corrected chi connectivity index (χ3v) is 4.24. The third kappa shape index (κ3) is 5.08. The molecule has 0 radical (unpaired) electrons. The quantitative estimate of drug-likeness (QED) is 0.634. The van der Waals surface area contributed by atoms with Gasteiger partial charge in [-0.15, -0.1) is 0 Å². The summed E-state index contributed by atoms with van der Waals surface area (Å²) in [6, 6.07) is 4.67. The van der Waals surface area contributed by atoms with Gasteiger partial charge in [0, 0.05) is 30.1 Å². The van der Waals surface area contributed by atoms with E-state index in [0.29, 0.717) is 15.7 Å². The number of hydrogen-bond donors (Lipinski definition) is 1. The Bertz CT molecular complexity index is 844. The second kappa shape index (κ2) is 8.18. The van der Waals surface area contributed by atoms with E-state index in [1.807, 2.05) is 20.9 Å². The van der Waals surface area contributed by atoms with E-state index in [4.69, 9.17) is 27.9 Å². The van der Waals surface area contributed by atoms with E-state index in [0.717, 1.165) is 17.0 Å². The molecule has 25 heavy (non-hydrogen) atoms. The van der Waals surface area contributed by atoms with Gasteiger partial charge in [-0.2, -0.15) is 5.10 Å². The van der Waals surface area contributed by atoms with Crippen LogP contribution in [0.4, 0.5) is 5.69 Å². The highest BCUT2D eigenvalue weighted by Gasteiger charge is 2.09. The molecule has 0 bridgehead atoms. The molecule has 1 amide bonds. The largest absolute Gasteiger partial charge is 0.452 e. The molecule has 6 nitrogen and oxygen atoms in total. The van der Waals surface area contributed by atoms with Crippen molar-refractivity contribution in [1.29, 1.82) is 0 Å². The number of anilines is 1. The van der Waals surface area contributed by atoms with Crippen molar-refractivity contribution in [1.82, 2.24) is 9.78 Å². The van der Waals surface area contributed by atoms with Gasteiger partial charge in [0.05, 0.1) is 15.7 Å². The number of carbonyl (C=O) groups excluding carboxylic acids is 2. The number of aryl methyl sites for hydroxylation is 2. The molecule has 0 aliphatic rings. The average molecular weight is 382 g/mol. The zero-order valence-corrected chi connectivity index (χ0v) is 15.5. The zero-order chi connectivity index (χ0) is 18.6. The number of benzene rings is 1. The number of aromatic nitrogens is 2. The van der Waals surface area contributed by atoms with Gasteiger partial charge in [-0.1, -0.05) is 23.2 Å². The fourth-order valence-corrected chi connectivity index (χ4v) is 2.44. The summed E-state index contributed by atoms with van der Waals surface area (Å²) >= 11 is 11.7. The summed E-state index contributed by atoms with van der Waals surface area (Å²) in [7, 11) is 1.82. The van der Waals surface area contributed by atoms with Crippen LogP contribution in [0.15, 0.2) is 24.3 Å². The molecular formula is C17H17Cl2N3O3. The minimum atomic E-state index is -0.619. The molecule has 1 aromatic heterocycles. The Labute approximate surface area is 155 Å². The first kappa shape index (κ1) is 19.0. The Morgan fingerprint density at radius 2 is 2.00 bits per heavy atom. The molecule has 132 valence electrons. The van der Waals surface area contributed by atoms with Crippen molar-refractivity contribution >= 4 is 46.8 Å². The maximum Gasteiger partial charge on any atom is 0.331 e. The van der Waals surface area contributed by atoms with Crippen molar-refractivity contribution in [3.8, 4) is 0 Å². The summed E-state index contributed by atoms with van der Waals surface area (Å²) in [4.78, 5) is 23.5. The third-order valence-electron chi connectivity index (χ3n) is 3.50. The van der Waals surface area contributed by atoms with E-state index < -0.39 is 18.5 Å². The monoisotopic (exact) mass is 381 g/mol. The summed E-state index contributed by atoms with van der Waals surface area (Å²) in [5, 5.41) is 7.52. The molecule has 0 aliphatic carbocycles. The maximum absolute atomic E-state index is 11.8. The second-order valence-electron chi connectivity index (χ2n) is 5.33. The van der Waals surface area contributed by atoms with E-state index in [1.54, 1.807) is 22.9 Å². The lowest BCUT2D eigenvalue weighted by atomic mass is 10.2. The first-order chi connectivity index (χ1) is 11.8. The Morgan fingerprint density at radius 3 is 2.60 bits per heavy atom. The van der Waals surface area contributed by atoms with Crippen molar-refractivity contribution in [2.45, 2.75) is 13.8 Å². The fraction of sp³-hybridized carbons (Fsp3) is 0.235. The highest BCUT2D eigenvalue weighted by atomic mass is 35.5. The Balaban J connectivity index is 1.87. The number of rotatable bonds is 5. The van der Waals surface area contributed by atoms with Crippen LogP contribution >= 0.6 is 23.2 Å². The van der Waals surface area contributed by atoms with Gasteiger partial charge < -0.3 is 10.1 Å². The van der Waals surface area contributed by atoms with E-state index >= 15 is 0 Å². The Kier molecular flexibility index (Phi) is 6.22. The van der Waals surface area contributed by atoms with E-state index in [2.05, 4.69) is 10.4 Å². The minimum Gasteiger partial charge on any atom is -0.452 e. The van der Waals surface area contributed by atoms with Gasteiger partial charge in [0.15, 0.2) is 6.61 Å². The number of hydrogen-bond acceptors (Lipinski definition) is 4. The van der Waals surface area contributed by atoms with Crippen LogP contribution in [0.25, 0.3) is 6.08 Å². The van der Waals surface area contributed by atoms with Gasteiger partial charge in [-0.25, -0.2) is 4.79 Å². The molecule has 0 saturated heterocycles. The van der Waals surface area contributed by atoms with Crippen LogP contribution in [-0.4, -0.2) is 28.3 Å². The summed E-state index contributed by atoms with van der Waals surface area (Å²) in [6.45, 7) is 3.34. The second-order valence-corrected chi connectivity index (χ2v) is 6.14. The fourth-order valence-electron chi connectivity index (χ4n) is 2.14. The average Bonchev–Trinajstić information content (AvgIpc) is 2.79. The van der Waals surface area contributed by atoms with Gasteiger partial charge >= 0.3 is 5.97 Å². The highest BCUT2D eigenvalue weighted by Crippen LogP contribution is 2.24. The molecule has 8 heteroatoms. The molecular weight excluding hydrogens is 365 g/mol. The standard InChI is InChI=1S/C17H17Cl2N3O3/c1-10-13(11(2)22(3)21-10)5-7-17(24)25-9-16(23)20-12-4-6-14(18)15(19)8-12/h4-8H,9H2,1-3H3,(H,20,23)/b7-5+. The van der Waals surface area contributed by atoms with Gasteiger partial charge in [0.25, 0.3) is 5.91 Å². The number of nitrogens with one attached hydrogen (secondary N) is 1. The highest BCUT2D eigenvalue weighted by molar-refractivity contribution is 6.42. The van der Waals surface area contributed by atoms with Crippen molar-refractivity contribution in [3.63, 3.8) is 0 Å². The molecule has 1 N–H and O–H groups in total.